The van der Waals surface area contributed by atoms with E-state index in [4.69, 9.17) is 11.6 Å². The van der Waals surface area contributed by atoms with Gasteiger partial charge in [0.2, 0.25) is 11.1 Å². The second kappa shape index (κ2) is 5.92. The summed E-state index contributed by atoms with van der Waals surface area (Å²) >= 11 is 5.32. The summed E-state index contributed by atoms with van der Waals surface area (Å²) in [5.74, 6) is -2.75. The fraction of sp³-hybridized carbons (Fsp3) is 0. The predicted molar refractivity (Wildman–Crippen MR) is 47.4 cm³/mol. The number of ketones is 2. The number of hydrogen-bond donors (Lipinski definition) is 0. The van der Waals surface area contributed by atoms with E-state index in [2.05, 4.69) is 15.0 Å². The summed E-state index contributed by atoms with van der Waals surface area (Å²) in [6, 6.07) is 0. The third-order valence-corrected chi connectivity index (χ3v) is 1.26. The van der Waals surface area contributed by atoms with E-state index in [1.54, 1.807) is 0 Å². The summed E-state index contributed by atoms with van der Waals surface area (Å²) in [6.07, 6.45) is 0.862. The second-order valence-corrected chi connectivity index (χ2v) is 2.23. The van der Waals surface area contributed by atoms with E-state index in [1.165, 1.54) is 0 Å². The predicted octanol–water partition coefficient (Wildman–Crippen LogP) is -1.17. The molecule has 0 unspecified atom stereocenters. The molecule has 1 aromatic heterocycles. The van der Waals surface area contributed by atoms with E-state index < -0.39 is 17.4 Å². The first kappa shape index (κ1) is 13.3. The maximum absolute atomic E-state index is 10.9. The van der Waals surface area contributed by atoms with E-state index >= 15 is 0 Å². The van der Waals surface area contributed by atoms with Crippen LogP contribution in [0.2, 0.25) is 5.28 Å². The van der Waals surface area contributed by atoms with E-state index in [0.717, 1.165) is 6.33 Å². The Morgan fingerprint density at radius 1 is 1.36 bits per heavy atom. The molecule has 0 radical (unpaired) electrons. The molecule has 0 amide bonds. The molecule has 0 fully saturated rings. The van der Waals surface area contributed by atoms with Crippen LogP contribution < -0.4 is 0 Å². The molecule has 68 valence electrons. The van der Waals surface area contributed by atoms with Crippen LogP contribution >= 0.6 is 11.6 Å². The summed E-state index contributed by atoms with van der Waals surface area (Å²) in [6.45, 7) is 0. The Hall–Kier alpha value is -0.690. The van der Waals surface area contributed by atoms with Crippen LogP contribution in [0, 0.1) is 0 Å². The molecule has 0 aliphatic heterocycles. The molecule has 0 atom stereocenters. The Morgan fingerprint density at radius 2 is 2.00 bits per heavy atom. The number of halogens is 1. The Bertz CT molecular complexity index is 384. The van der Waals surface area contributed by atoms with Gasteiger partial charge in [0.05, 0.1) is 0 Å². The van der Waals surface area contributed by atoms with Crippen LogP contribution in [-0.4, -0.2) is 62.4 Å². The summed E-state index contributed by atoms with van der Waals surface area (Å²) in [5, 5.41) is -0.211. The van der Waals surface area contributed by atoms with Gasteiger partial charge in [-0.1, -0.05) is 0 Å². The number of aromatic nitrogens is 3. The van der Waals surface area contributed by atoms with Crippen molar-refractivity contribution in [2.45, 2.75) is 0 Å². The van der Waals surface area contributed by atoms with Crippen molar-refractivity contribution in [2.24, 2.45) is 0 Å². The number of rotatable bonds is 3. The van der Waals surface area contributed by atoms with Gasteiger partial charge in [0, 0.05) is 0 Å². The van der Waals surface area contributed by atoms with Crippen molar-refractivity contribution in [3.05, 3.63) is 17.4 Å². The second-order valence-electron chi connectivity index (χ2n) is 1.89. The van der Waals surface area contributed by atoms with Gasteiger partial charge in [0.15, 0.2) is 6.29 Å². The SMILES string of the molecule is O=CC(=O)C(=O)c1ncnc(Cl)n1.[NaH]. The first-order chi connectivity index (χ1) is 6.15. The molecule has 0 saturated heterocycles. The zero-order chi connectivity index (χ0) is 9.84. The Balaban J connectivity index is 0.00000169. The van der Waals surface area contributed by atoms with Crippen LogP contribution in [0.25, 0.3) is 0 Å². The molecule has 14 heavy (non-hydrogen) atoms. The van der Waals surface area contributed by atoms with Crippen LogP contribution in [0.3, 0.4) is 0 Å². The molecular weight excluding hydrogens is 221 g/mol. The van der Waals surface area contributed by atoms with E-state index in [1.807, 2.05) is 0 Å². The summed E-state index contributed by atoms with van der Waals surface area (Å²) in [4.78, 5) is 41.6. The average molecular weight is 224 g/mol. The van der Waals surface area contributed by atoms with Crippen LogP contribution in [-0.2, 0) is 9.59 Å². The molecule has 0 spiro atoms. The average Bonchev–Trinajstić information content (AvgIpc) is 2.15. The maximum atomic E-state index is 10.9. The van der Waals surface area contributed by atoms with Gasteiger partial charge in [-0.3, -0.25) is 14.4 Å². The fourth-order valence-corrected chi connectivity index (χ4v) is 0.673. The van der Waals surface area contributed by atoms with Crippen molar-refractivity contribution in [2.75, 3.05) is 0 Å². The first-order valence-corrected chi connectivity index (χ1v) is 3.41. The third kappa shape index (κ3) is 3.22. The van der Waals surface area contributed by atoms with Crippen molar-refractivity contribution in [1.82, 2.24) is 15.0 Å². The van der Waals surface area contributed by atoms with Crippen molar-refractivity contribution in [3.63, 3.8) is 0 Å². The molecule has 0 aromatic carbocycles. The quantitative estimate of drug-likeness (QED) is 0.211. The zero-order valence-electron chi connectivity index (χ0n) is 6.10. The normalized spacial score (nSPS) is 8.64. The van der Waals surface area contributed by atoms with Crippen LogP contribution in [0.5, 0.6) is 0 Å². The Morgan fingerprint density at radius 3 is 2.50 bits per heavy atom. The van der Waals surface area contributed by atoms with Crippen LogP contribution in [0.1, 0.15) is 10.6 Å². The molecule has 6 nitrogen and oxygen atoms in total. The molecule has 1 aromatic rings. The standard InChI is InChI=1S/C6H2ClN3O3.Na.H/c7-6-9-2-8-5(10-6)4(13)3(12)1-11;;/h1-2H;;. The van der Waals surface area contributed by atoms with Gasteiger partial charge in [-0.25, -0.2) is 9.97 Å². The molecule has 1 rings (SSSR count). The fourth-order valence-electron chi connectivity index (χ4n) is 0.549. The minimum atomic E-state index is -1.22. The summed E-state index contributed by atoms with van der Waals surface area (Å²) in [7, 11) is 0. The van der Waals surface area contributed by atoms with Crippen LogP contribution in [0.15, 0.2) is 6.33 Å². The van der Waals surface area contributed by atoms with Gasteiger partial charge in [-0.2, -0.15) is 4.98 Å². The van der Waals surface area contributed by atoms with Gasteiger partial charge in [0.25, 0.3) is 11.6 Å². The molecule has 0 N–H and O–H groups in total. The van der Waals surface area contributed by atoms with E-state index in [9.17, 15) is 14.4 Å². The Kier molecular flexibility index (Phi) is 5.63. The number of nitrogens with zero attached hydrogens (tertiary/aromatic N) is 3. The molecule has 0 aliphatic rings. The van der Waals surface area contributed by atoms with Gasteiger partial charge < -0.3 is 0 Å². The molecule has 0 aliphatic carbocycles. The van der Waals surface area contributed by atoms with Crippen molar-refractivity contribution in [3.8, 4) is 0 Å². The van der Waals surface area contributed by atoms with Crippen molar-refractivity contribution in [1.29, 1.82) is 0 Å². The number of carbonyl (C=O) groups is 3. The summed E-state index contributed by atoms with van der Waals surface area (Å²) in [5.41, 5.74) is 0. The number of aldehydes is 1. The van der Waals surface area contributed by atoms with Gasteiger partial charge in [-0.05, 0) is 11.6 Å². The molecule has 0 saturated carbocycles. The monoisotopic (exact) mass is 223 g/mol. The van der Waals surface area contributed by atoms with Crippen molar-refractivity contribution < 1.29 is 14.4 Å². The molecule has 0 bridgehead atoms. The van der Waals surface area contributed by atoms with E-state index in [0.29, 0.717) is 0 Å². The molecule has 1 heterocycles. The Labute approximate surface area is 105 Å². The number of hydrogen-bond acceptors (Lipinski definition) is 6. The number of carbonyl (C=O) groups excluding carboxylic acids is 3. The molecule has 8 heteroatoms. The minimum absolute atomic E-state index is 0. The van der Waals surface area contributed by atoms with Gasteiger partial charge in [-0.15, -0.1) is 0 Å². The topological polar surface area (TPSA) is 89.9 Å². The third-order valence-electron chi connectivity index (χ3n) is 1.08. The van der Waals surface area contributed by atoms with Crippen molar-refractivity contribution >= 4 is 59.0 Å². The zero-order valence-corrected chi connectivity index (χ0v) is 6.85. The number of Topliss-reactive ketones (excluding diaryl/α,β-unsaturated/α-hetero) is 2. The van der Waals surface area contributed by atoms with Crippen LogP contribution in [0.4, 0.5) is 0 Å². The van der Waals surface area contributed by atoms with Gasteiger partial charge in [0.1, 0.15) is 6.33 Å². The van der Waals surface area contributed by atoms with Gasteiger partial charge >= 0.3 is 29.6 Å². The van der Waals surface area contributed by atoms with E-state index in [-0.39, 0.29) is 41.1 Å². The summed E-state index contributed by atoms with van der Waals surface area (Å²) < 4.78 is 0. The molecular formula is C6H3ClN3NaO3. The first-order valence-electron chi connectivity index (χ1n) is 3.03.